The molecule has 2 nitrogen and oxygen atoms in total. The molecular weight excluding hydrogens is 424 g/mol. The van der Waals surface area contributed by atoms with Crippen LogP contribution in [0.1, 0.15) is 44.6 Å². The van der Waals surface area contributed by atoms with Crippen LogP contribution in [0.3, 0.4) is 0 Å². The molecule has 0 spiro atoms. The van der Waals surface area contributed by atoms with Crippen molar-refractivity contribution < 1.29 is 0 Å². The number of anilines is 3. The number of fused-ring (bicyclic) bond motifs is 11. The van der Waals surface area contributed by atoms with Gasteiger partial charge in [0.2, 0.25) is 0 Å². The molecule has 0 bridgehead atoms. The Bertz CT molecular complexity index is 1760. The number of hydrogen-bond donors (Lipinski definition) is 0. The van der Waals surface area contributed by atoms with E-state index in [4.69, 9.17) is 4.98 Å². The van der Waals surface area contributed by atoms with Crippen LogP contribution in [0.5, 0.6) is 0 Å². The van der Waals surface area contributed by atoms with Crippen molar-refractivity contribution in [2.45, 2.75) is 25.7 Å². The zero-order valence-corrected chi connectivity index (χ0v) is 19.3. The van der Waals surface area contributed by atoms with Crippen LogP contribution in [-0.4, -0.2) is 4.98 Å². The standard InChI is InChI=1S/C33H22N2/c1-3-7-26-19(5-1)14-24-16-25-15-23-11-12-34-29-17-22-10-9-21-13-20-6-2-4-8-27(20)31(21)33(22)35(32(23)29)30(25)18-28(24)26/h1-12,16,18H,13-15,17H2. The van der Waals surface area contributed by atoms with Crippen LogP contribution >= 0.6 is 0 Å². The zero-order chi connectivity index (χ0) is 22.7. The van der Waals surface area contributed by atoms with E-state index in [2.05, 4.69) is 83.8 Å². The van der Waals surface area contributed by atoms with Gasteiger partial charge in [-0.2, -0.15) is 0 Å². The normalized spacial score (nSPS) is 14.9. The van der Waals surface area contributed by atoms with Crippen LogP contribution in [0.2, 0.25) is 0 Å². The lowest BCUT2D eigenvalue weighted by Gasteiger charge is -2.40. The summed E-state index contributed by atoms with van der Waals surface area (Å²) < 4.78 is 0. The Morgan fingerprint density at radius 3 is 2.14 bits per heavy atom. The van der Waals surface area contributed by atoms with E-state index in [0.717, 1.165) is 25.7 Å². The van der Waals surface area contributed by atoms with E-state index in [0.29, 0.717) is 0 Å². The van der Waals surface area contributed by atoms with E-state index in [1.165, 1.54) is 84.0 Å². The zero-order valence-electron chi connectivity index (χ0n) is 19.3. The minimum absolute atomic E-state index is 0.896. The number of pyridine rings is 1. The average Bonchev–Trinajstić information content (AvgIpc) is 3.45. The van der Waals surface area contributed by atoms with E-state index < -0.39 is 0 Å². The lowest BCUT2D eigenvalue weighted by molar-refractivity contribution is 0.959. The Balaban J connectivity index is 1.37. The topological polar surface area (TPSA) is 16.1 Å². The molecule has 0 atom stereocenters. The maximum atomic E-state index is 4.89. The van der Waals surface area contributed by atoms with E-state index in [9.17, 15) is 0 Å². The quantitative estimate of drug-likeness (QED) is 0.240. The Morgan fingerprint density at radius 2 is 1.23 bits per heavy atom. The third-order valence-electron chi connectivity index (χ3n) is 8.52. The van der Waals surface area contributed by atoms with Gasteiger partial charge in [0.1, 0.15) is 0 Å². The first-order chi connectivity index (χ1) is 17.3. The molecule has 0 radical (unpaired) electrons. The maximum absolute atomic E-state index is 4.89. The van der Waals surface area contributed by atoms with Gasteiger partial charge in [-0.3, -0.25) is 4.98 Å². The first-order valence-electron chi connectivity index (χ1n) is 12.6. The minimum atomic E-state index is 0.896. The summed E-state index contributed by atoms with van der Waals surface area (Å²) in [6, 6.07) is 29.8. The fourth-order valence-corrected chi connectivity index (χ4v) is 7.04. The summed E-state index contributed by atoms with van der Waals surface area (Å²) in [5.41, 5.74) is 20.8. The third-order valence-corrected chi connectivity index (χ3v) is 8.52. The first-order valence-corrected chi connectivity index (χ1v) is 12.6. The van der Waals surface area contributed by atoms with Gasteiger partial charge < -0.3 is 4.90 Å². The highest BCUT2D eigenvalue weighted by atomic mass is 15.2. The Hall–Kier alpha value is -4.17. The monoisotopic (exact) mass is 446 g/mol. The van der Waals surface area contributed by atoms with Crippen LogP contribution < -0.4 is 4.90 Å². The molecule has 35 heavy (non-hydrogen) atoms. The molecule has 3 heterocycles. The van der Waals surface area contributed by atoms with Crippen molar-refractivity contribution in [3.63, 3.8) is 0 Å². The van der Waals surface area contributed by atoms with Gasteiger partial charge in [0.15, 0.2) is 0 Å². The molecule has 2 aliphatic heterocycles. The van der Waals surface area contributed by atoms with Gasteiger partial charge in [-0.05, 0) is 80.6 Å². The number of rotatable bonds is 0. The third kappa shape index (κ3) is 2.27. The minimum Gasteiger partial charge on any atom is -0.307 e. The second kappa shape index (κ2) is 6.28. The van der Waals surface area contributed by atoms with Crippen molar-refractivity contribution in [2.24, 2.45) is 0 Å². The summed E-state index contributed by atoms with van der Waals surface area (Å²) in [5, 5.41) is 0. The van der Waals surface area contributed by atoms with Crippen molar-refractivity contribution >= 4 is 17.1 Å². The Labute approximate surface area is 204 Å². The SMILES string of the molecule is c1ccc2c(c1)Cc1cc3c(cc1-2)N1c2c(ccnc2Cc2ccc4c(c21)-c1ccccc1C4)C3. The maximum Gasteiger partial charge on any atom is 0.0716 e. The van der Waals surface area contributed by atoms with E-state index in [-0.39, 0.29) is 0 Å². The van der Waals surface area contributed by atoms with E-state index in [1.54, 1.807) is 0 Å². The fourth-order valence-electron chi connectivity index (χ4n) is 7.04. The molecule has 0 amide bonds. The molecule has 0 saturated carbocycles. The summed E-state index contributed by atoms with van der Waals surface area (Å²) >= 11 is 0. The van der Waals surface area contributed by atoms with Crippen LogP contribution in [-0.2, 0) is 25.7 Å². The molecule has 2 heteroatoms. The number of hydrogen-bond acceptors (Lipinski definition) is 2. The summed E-state index contributed by atoms with van der Waals surface area (Å²) in [5.74, 6) is 0. The molecule has 5 aromatic rings. The van der Waals surface area contributed by atoms with Gasteiger partial charge in [0.05, 0.1) is 22.8 Å². The van der Waals surface area contributed by atoms with E-state index >= 15 is 0 Å². The number of benzene rings is 4. The summed E-state index contributed by atoms with van der Waals surface area (Å²) in [6.45, 7) is 0. The van der Waals surface area contributed by atoms with Gasteiger partial charge in [-0.25, -0.2) is 0 Å². The van der Waals surface area contributed by atoms with Gasteiger partial charge in [0.25, 0.3) is 0 Å². The lowest BCUT2D eigenvalue weighted by Crippen LogP contribution is -2.26. The molecule has 0 N–H and O–H groups in total. The second-order valence-corrected chi connectivity index (χ2v) is 10.4. The Morgan fingerprint density at radius 1 is 0.514 bits per heavy atom. The van der Waals surface area contributed by atoms with Crippen molar-refractivity contribution in [1.82, 2.24) is 4.98 Å². The molecule has 4 aromatic carbocycles. The largest absolute Gasteiger partial charge is 0.307 e. The smallest absolute Gasteiger partial charge is 0.0716 e. The second-order valence-electron chi connectivity index (χ2n) is 10.4. The van der Waals surface area contributed by atoms with Gasteiger partial charge in [0, 0.05) is 24.6 Å². The van der Waals surface area contributed by atoms with Gasteiger partial charge in [-0.1, -0.05) is 66.7 Å². The Kier molecular flexibility index (Phi) is 3.27. The fraction of sp³-hybridized carbons (Fsp3) is 0.121. The van der Waals surface area contributed by atoms with Crippen LogP contribution in [0.4, 0.5) is 17.1 Å². The van der Waals surface area contributed by atoms with Crippen molar-refractivity contribution in [1.29, 1.82) is 0 Å². The molecule has 0 fully saturated rings. The summed E-state index contributed by atoms with van der Waals surface area (Å²) in [7, 11) is 0. The highest BCUT2D eigenvalue weighted by molar-refractivity contribution is 6.00. The van der Waals surface area contributed by atoms with E-state index in [1.807, 2.05) is 6.20 Å². The molecule has 0 unspecified atom stereocenters. The number of nitrogens with zero attached hydrogens (tertiary/aromatic N) is 2. The molecule has 164 valence electrons. The highest BCUT2D eigenvalue weighted by Crippen LogP contribution is 2.56. The van der Waals surface area contributed by atoms with Crippen molar-refractivity contribution in [2.75, 3.05) is 4.90 Å². The lowest BCUT2D eigenvalue weighted by atomic mass is 9.85. The van der Waals surface area contributed by atoms with Gasteiger partial charge in [-0.15, -0.1) is 0 Å². The summed E-state index contributed by atoms with van der Waals surface area (Å²) in [4.78, 5) is 7.47. The van der Waals surface area contributed by atoms with Crippen LogP contribution in [0.15, 0.2) is 85.1 Å². The molecule has 9 rings (SSSR count). The molecule has 2 aliphatic carbocycles. The molecule has 4 aliphatic rings. The number of aromatic nitrogens is 1. The molecule has 1 aromatic heterocycles. The molecule has 0 saturated heterocycles. The summed E-state index contributed by atoms with van der Waals surface area (Å²) in [6.07, 6.45) is 5.93. The molecular formula is C33H22N2. The predicted octanol–water partition coefficient (Wildman–Crippen LogP) is 7.50. The average molecular weight is 447 g/mol. The van der Waals surface area contributed by atoms with Crippen molar-refractivity contribution in [3.8, 4) is 22.3 Å². The van der Waals surface area contributed by atoms with Crippen LogP contribution in [0, 0.1) is 0 Å². The van der Waals surface area contributed by atoms with Crippen LogP contribution in [0.25, 0.3) is 22.3 Å². The first kappa shape index (κ1) is 18.2. The van der Waals surface area contributed by atoms with Crippen molar-refractivity contribution in [3.05, 3.63) is 130 Å². The highest BCUT2D eigenvalue weighted by Gasteiger charge is 2.37. The van der Waals surface area contributed by atoms with Gasteiger partial charge >= 0.3 is 0 Å². The predicted molar refractivity (Wildman–Crippen MR) is 141 cm³/mol.